The van der Waals surface area contributed by atoms with Crippen LogP contribution in [0.2, 0.25) is 0 Å². The summed E-state index contributed by atoms with van der Waals surface area (Å²) in [6.45, 7) is 0. The van der Waals surface area contributed by atoms with E-state index in [1.807, 2.05) is 0 Å². The molecule has 0 amide bonds. The third-order valence-corrected chi connectivity index (χ3v) is 4.77. The number of para-hydroxylation sites is 1. The number of rotatable bonds is 5. The van der Waals surface area contributed by atoms with E-state index in [4.69, 9.17) is 9.47 Å². The molecular formula is C19H14BrN3O7. The summed E-state index contributed by atoms with van der Waals surface area (Å²) in [6.07, 6.45) is 0. The molecule has 0 aliphatic carbocycles. The second-order valence-corrected chi connectivity index (χ2v) is 6.74. The third-order valence-electron chi connectivity index (χ3n) is 4.17. The summed E-state index contributed by atoms with van der Waals surface area (Å²) in [5, 5.41) is 26.1. The van der Waals surface area contributed by atoms with Gasteiger partial charge in [0.25, 0.3) is 5.69 Å². The standard InChI is InChI=1S/C19H14BrN3O7/c1-29-18(25)14-15(12-8-11(23(27)28)9-13(20)17(12)24)21-22(16(14)19(26)30-2)10-6-4-3-5-7-10/h3-9,24H,1-2H3. The number of carbonyl (C=O) groups excluding carboxylic acids is 2. The maximum atomic E-state index is 12.6. The number of aromatic hydroxyl groups is 1. The molecule has 0 spiro atoms. The van der Waals surface area contributed by atoms with Gasteiger partial charge in [-0.1, -0.05) is 18.2 Å². The van der Waals surface area contributed by atoms with Gasteiger partial charge in [-0.05, 0) is 28.1 Å². The van der Waals surface area contributed by atoms with Crippen LogP contribution in [0.3, 0.4) is 0 Å². The Kier molecular flexibility index (Phi) is 5.83. The van der Waals surface area contributed by atoms with Gasteiger partial charge in [0.2, 0.25) is 0 Å². The highest BCUT2D eigenvalue weighted by Gasteiger charge is 2.33. The normalized spacial score (nSPS) is 10.5. The Hall–Kier alpha value is -3.73. The van der Waals surface area contributed by atoms with Gasteiger partial charge >= 0.3 is 11.9 Å². The molecule has 0 atom stereocenters. The lowest BCUT2D eigenvalue weighted by Gasteiger charge is -2.07. The second-order valence-electron chi connectivity index (χ2n) is 5.88. The summed E-state index contributed by atoms with van der Waals surface area (Å²) in [5.74, 6) is -2.23. The van der Waals surface area contributed by atoms with Crippen molar-refractivity contribution in [2.24, 2.45) is 0 Å². The Morgan fingerprint density at radius 2 is 1.77 bits per heavy atom. The minimum atomic E-state index is -0.936. The molecule has 30 heavy (non-hydrogen) atoms. The zero-order chi connectivity index (χ0) is 22.0. The Balaban J connectivity index is 2.44. The van der Waals surface area contributed by atoms with Gasteiger partial charge in [-0.15, -0.1) is 0 Å². The van der Waals surface area contributed by atoms with Crippen molar-refractivity contribution in [3.8, 4) is 22.7 Å². The number of phenols is 1. The van der Waals surface area contributed by atoms with Gasteiger partial charge in [0.15, 0.2) is 5.69 Å². The number of hydrogen-bond acceptors (Lipinski definition) is 8. The van der Waals surface area contributed by atoms with E-state index in [9.17, 15) is 24.8 Å². The number of carbonyl (C=O) groups is 2. The number of hydrogen-bond donors (Lipinski definition) is 1. The number of aromatic nitrogens is 2. The largest absolute Gasteiger partial charge is 0.506 e. The summed E-state index contributed by atoms with van der Waals surface area (Å²) in [6, 6.07) is 10.5. The van der Waals surface area contributed by atoms with Crippen molar-refractivity contribution >= 4 is 33.6 Å². The zero-order valence-corrected chi connectivity index (χ0v) is 17.2. The van der Waals surface area contributed by atoms with E-state index in [0.29, 0.717) is 5.69 Å². The number of halogens is 1. The highest BCUT2D eigenvalue weighted by Crippen LogP contribution is 2.41. The number of nitrogens with zero attached hydrogens (tertiary/aromatic N) is 3. The van der Waals surface area contributed by atoms with Crippen molar-refractivity contribution in [3.63, 3.8) is 0 Å². The van der Waals surface area contributed by atoms with Crippen molar-refractivity contribution in [1.82, 2.24) is 9.78 Å². The summed E-state index contributed by atoms with van der Waals surface area (Å²) >= 11 is 3.06. The fourth-order valence-electron chi connectivity index (χ4n) is 2.81. The lowest BCUT2D eigenvalue weighted by molar-refractivity contribution is -0.384. The van der Waals surface area contributed by atoms with Crippen LogP contribution in [0.5, 0.6) is 5.75 Å². The molecular weight excluding hydrogens is 462 g/mol. The van der Waals surface area contributed by atoms with Crippen molar-refractivity contribution in [3.05, 3.63) is 68.3 Å². The molecule has 0 radical (unpaired) electrons. The number of non-ortho nitro benzene ring substituents is 1. The summed E-state index contributed by atoms with van der Waals surface area (Å²) in [7, 11) is 2.24. The quantitative estimate of drug-likeness (QED) is 0.336. The van der Waals surface area contributed by atoms with Gasteiger partial charge in [0, 0.05) is 12.1 Å². The Bertz CT molecular complexity index is 1160. The minimum Gasteiger partial charge on any atom is -0.506 e. The first kappa shape index (κ1) is 21.0. The minimum absolute atomic E-state index is 0.0106. The Morgan fingerprint density at radius 1 is 1.13 bits per heavy atom. The molecule has 0 unspecified atom stereocenters. The zero-order valence-electron chi connectivity index (χ0n) is 15.7. The van der Waals surface area contributed by atoms with Crippen molar-refractivity contribution in [2.75, 3.05) is 14.2 Å². The molecule has 2 aromatic carbocycles. The van der Waals surface area contributed by atoms with E-state index < -0.39 is 22.6 Å². The molecule has 0 bridgehead atoms. The maximum Gasteiger partial charge on any atom is 0.357 e. The lowest BCUT2D eigenvalue weighted by atomic mass is 10.0. The highest BCUT2D eigenvalue weighted by atomic mass is 79.9. The van der Waals surface area contributed by atoms with Gasteiger partial charge in [-0.3, -0.25) is 10.1 Å². The van der Waals surface area contributed by atoms with Gasteiger partial charge in [-0.25, -0.2) is 14.3 Å². The first-order valence-corrected chi connectivity index (χ1v) is 9.11. The van der Waals surface area contributed by atoms with Crippen LogP contribution in [0, 0.1) is 10.1 Å². The average molecular weight is 476 g/mol. The number of nitro groups is 1. The maximum absolute atomic E-state index is 12.6. The molecule has 0 saturated heterocycles. The second kappa shape index (κ2) is 8.33. The lowest BCUT2D eigenvalue weighted by Crippen LogP contribution is -2.15. The Labute approximate surface area is 177 Å². The van der Waals surface area contributed by atoms with Crippen LogP contribution in [0.25, 0.3) is 16.9 Å². The predicted molar refractivity (Wildman–Crippen MR) is 108 cm³/mol. The van der Waals surface area contributed by atoms with Crippen LogP contribution in [0.4, 0.5) is 5.69 Å². The first-order valence-electron chi connectivity index (χ1n) is 8.32. The molecule has 3 rings (SSSR count). The van der Waals surface area contributed by atoms with Crippen LogP contribution in [0.15, 0.2) is 46.9 Å². The van der Waals surface area contributed by atoms with Gasteiger partial charge < -0.3 is 14.6 Å². The van der Waals surface area contributed by atoms with Crippen molar-refractivity contribution in [1.29, 1.82) is 0 Å². The average Bonchev–Trinajstić information content (AvgIpc) is 3.15. The fraction of sp³-hybridized carbons (Fsp3) is 0.105. The molecule has 1 aromatic heterocycles. The van der Waals surface area contributed by atoms with E-state index in [1.165, 1.54) is 0 Å². The monoisotopic (exact) mass is 475 g/mol. The molecule has 0 saturated carbocycles. The van der Waals surface area contributed by atoms with Crippen molar-refractivity contribution in [2.45, 2.75) is 0 Å². The fourth-order valence-corrected chi connectivity index (χ4v) is 3.26. The van der Waals surface area contributed by atoms with Crippen molar-refractivity contribution < 1.29 is 29.1 Å². The summed E-state index contributed by atoms with van der Waals surface area (Å²) < 4.78 is 10.8. The molecule has 0 aliphatic heterocycles. The van der Waals surface area contributed by atoms with E-state index in [-0.39, 0.29) is 32.7 Å². The molecule has 3 aromatic rings. The van der Waals surface area contributed by atoms with Gasteiger partial charge in [-0.2, -0.15) is 5.10 Å². The number of nitro benzene ring substituents is 1. The number of methoxy groups -OCH3 is 2. The van der Waals surface area contributed by atoms with Gasteiger partial charge in [0.1, 0.15) is 17.0 Å². The van der Waals surface area contributed by atoms with Crippen LogP contribution in [-0.4, -0.2) is 46.0 Å². The molecule has 0 aliphatic rings. The summed E-state index contributed by atoms with van der Waals surface area (Å²) in [5.41, 5.74) is -0.842. The van der Waals surface area contributed by atoms with E-state index >= 15 is 0 Å². The SMILES string of the molecule is COC(=O)c1c(-c2cc([N+](=O)[O-])cc(Br)c2O)nn(-c2ccccc2)c1C(=O)OC. The number of ether oxygens (including phenoxy) is 2. The topological polar surface area (TPSA) is 134 Å². The van der Waals surface area contributed by atoms with E-state index in [0.717, 1.165) is 31.0 Å². The van der Waals surface area contributed by atoms with Crippen LogP contribution in [0.1, 0.15) is 20.8 Å². The molecule has 1 heterocycles. The smallest absolute Gasteiger partial charge is 0.357 e. The molecule has 1 N–H and O–H groups in total. The van der Waals surface area contributed by atoms with Crippen LogP contribution in [-0.2, 0) is 9.47 Å². The summed E-state index contributed by atoms with van der Waals surface area (Å²) in [4.78, 5) is 35.8. The molecule has 11 heteroatoms. The third kappa shape index (κ3) is 3.62. The molecule has 0 fully saturated rings. The van der Waals surface area contributed by atoms with Gasteiger partial charge in [0.05, 0.1) is 34.9 Å². The highest BCUT2D eigenvalue weighted by molar-refractivity contribution is 9.10. The number of benzene rings is 2. The molecule has 154 valence electrons. The van der Waals surface area contributed by atoms with E-state index in [1.54, 1.807) is 30.3 Å². The Morgan fingerprint density at radius 3 is 2.33 bits per heavy atom. The van der Waals surface area contributed by atoms with Crippen LogP contribution < -0.4 is 0 Å². The van der Waals surface area contributed by atoms with Crippen LogP contribution >= 0.6 is 15.9 Å². The number of esters is 2. The number of phenolic OH excluding ortho intramolecular Hbond substituents is 1. The predicted octanol–water partition coefficient (Wildman–Crippen LogP) is 3.49. The van der Waals surface area contributed by atoms with E-state index in [2.05, 4.69) is 21.0 Å². The first-order chi connectivity index (χ1) is 14.3. The molecule has 10 nitrogen and oxygen atoms in total.